The van der Waals surface area contributed by atoms with Crippen LogP contribution in [0.25, 0.3) is 0 Å². The molecule has 104 valence electrons. The van der Waals surface area contributed by atoms with Gasteiger partial charge in [0.15, 0.2) is 0 Å². The van der Waals surface area contributed by atoms with Crippen molar-refractivity contribution in [3.63, 3.8) is 0 Å². The van der Waals surface area contributed by atoms with Crippen LogP contribution in [0.4, 0.5) is 0 Å². The molecule has 1 aromatic carbocycles. The molecule has 1 saturated heterocycles. The first-order valence-corrected chi connectivity index (χ1v) is 7.65. The molecule has 19 heavy (non-hydrogen) atoms. The van der Waals surface area contributed by atoms with Crippen LogP contribution in [0, 0.1) is 6.92 Å². The molecule has 0 radical (unpaired) electrons. The average molecular weight is 280 g/mol. The third-order valence-electron chi connectivity index (χ3n) is 3.87. The van der Waals surface area contributed by atoms with Crippen molar-refractivity contribution in [3.8, 4) is 0 Å². The van der Waals surface area contributed by atoms with Crippen LogP contribution in [0.2, 0.25) is 0 Å². The molecule has 1 aliphatic heterocycles. The van der Waals surface area contributed by atoms with Crippen LogP contribution in [0.1, 0.15) is 36.8 Å². The highest BCUT2D eigenvalue weighted by molar-refractivity contribution is 6.18. The highest BCUT2D eigenvalue weighted by Gasteiger charge is 2.25. The van der Waals surface area contributed by atoms with Gasteiger partial charge in [-0.05, 0) is 38.2 Å². The van der Waals surface area contributed by atoms with E-state index in [0.717, 1.165) is 25.8 Å². The summed E-state index contributed by atoms with van der Waals surface area (Å²) in [7, 11) is 0. The summed E-state index contributed by atoms with van der Waals surface area (Å²) in [5.41, 5.74) is 2.49. The Balaban J connectivity index is 1.87. The molecular weight excluding hydrogens is 258 g/mol. The van der Waals surface area contributed by atoms with E-state index < -0.39 is 0 Å². The third-order valence-corrected chi connectivity index (χ3v) is 4.23. The standard InChI is InChI=1S/C16H22ClNO/c1-13-5-7-14(8-6-13)9-10-16(19)18-11-3-2-4-15(18)12-17/h5-8,15H,2-4,9-12H2,1H3. The first-order valence-electron chi connectivity index (χ1n) is 7.11. The predicted molar refractivity (Wildman–Crippen MR) is 79.6 cm³/mol. The molecule has 2 rings (SSSR count). The van der Waals surface area contributed by atoms with E-state index in [1.54, 1.807) is 0 Å². The Morgan fingerprint density at radius 1 is 1.32 bits per heavy atom. The van der Waals surface area contributed by atoms with Gasteiger partial charge in [-0.2, -0.15) is 0 Å². The summed E-state index contributed by atoms with van der Waals surface area (Å²) in [6.45, 7) is 2.96. The second-order valence-corrected chi connectivity index (χ2v) is 5.69. The van der Waals surface area contributed by atoms with E-state index in [9.17, 15) is 4.79 Å². The van der Waals surface area contributed by atoms with Crippen LogP contribution in [0.15, 0.2) is 24.3 Å². The lowest BCUT2D eigenvalue weighted by atomic mass is 10.0. The molecule has 0 saturated carbocycles. The summed E-state index contributed by atoms with van der Waals surface area (Å²) < 4.78 is 0. The number of carbonyl (C=O) groups is 1. The molecule has 0 bridgehead atoms. The Hall–Kier alpha value is -1.02. The minimum atomic E-state index is 0.251. The molecule has 3 heteroatoms. The molecule has 1 amide bonds. The van der Waals surface area contributed by atoms with Crippen molar-refractivity contribution in [2.75, 3.05) is 12.4 Å². The average Bonchev–Trinajstić information content (AvgIpc) is 2.46. The van der Waals surface area contributed by atoms with Gasteiger partial charge in [-0.3, -0.25) is 4.79 Å². The first-order chi connectivity index (χ1) is 9.20. The summed E-state index contributed by atoms with van der Waals surface area (Å²) in [6, 6.07) is 8.67. The Bertz CT molecular complexity index is 415. The Morgan fingerprint density at radius 3 is 2.74 bits per heavy atom. The van der Waals surface area contributed by atoms with Gasteiger partial charge in [0.05, 0.1) is 0 Å². The quantitative estimate of drug-likeness (QED) is 0.772. The van der Waals surface area contributed by atoms with Gasteiger partial charge in [0.2, 0.25) is 5.91 Å². The number of aryl methyl sites for hydroxylation is 2. The number of hydrogen-bond donors (Lipinski definition) is 0. The Morgan fingerprint density at radius 2 is 2.05 bits per heavy atom. The topological polar surface area (TPSA) is 20.3 Å². The van der Waals surface area contributed by atoms with Gasteiger partial charge in [-0.15, -0.1) is 11.6 Å². The number of hydrogen-bond acceptors (Lipinski definition) is 1. The fraction of sp³-hybridized carbons (Fsp3) is 0.562. The number of rotatable bonds is 4. The van der Waals surface area contributed by atoms with Crippen molar-refractivity contribution in [2.24, 2.45) is 0 Å². The first kappa shape index (κ1) is 14.4. The second-order valence-electron chi connectivity index (χ2n) is 5.38. The zero-order valence-corrected chi connectivity index (χ0v) is 12.3. The highest BCUT2D eigenvalue weighted by Crippen LogP contribution is 2.19. The van der Waals surface area contributed by atoms with E-state index in [-0.39, 0.29) is 11.9 Å². The number of likely N-dealkylation sites (tertiary alicyclic amines) is 1. The lowest BCUT2D eigenvalue weighted by Crippen LogP contribution is -2.44. The second kappa shape index (κ2) is 6.95. The maximum absolute atomic E-state index is 12.3. The molecule has 0 aromatic heterocycles. The van der Waals surface area contributed by atoms with Crippen LogP contribution >= 0.6 is 11.6 Å². The summed E-state index contributed by atoms with van der Waals surface area (Å²) in [4.78, 5) is 14.3. The van der Waals surface area contributed by atoms with Crippen molar-refractivity contribution >= 4 is 17.5 Å². The molecular formula is C16H22ClNO. The Kier molecular flexibility index (Phi) is 5.26. The van der Waals surface area contributed by atoms with Gasteiger partial charge >= 0.3 is 0 Å². The van der Waals surface area contributed by atoms with E-state index in [2.05, 4.69) is 31.2 Å². The Labute approximate surface area is 120 Å². The van der Waals surface area contributed by atoms with Gasteiger partial charge in [0.1, 0.15) is 0 Å². The number of benzene rings is 1. The van der Waals surface area contributed by atoms with Crippen LogP contribution in [-0.4, -0.2) is 29.3 Å². The molecule has 2 nitrogen and oxygen atoms in total. The predicted octanol–water partition coefficient (Wildman–Crippen LogP) is 3.55. The van der Waals surface area contributed by atoms with Crippen molar-refractivity contribution in [1.29, 1.82) is 0 Å². The van der Waals surface area contributed by atoms with Gasteiger partial charge in [-0.1, -0.05) is 29.8 Å². The lowest BCUT2D eigenvalue weighted by Gasteiger charge is -2.34. The summed E-state index contributed by atoms with van der Waals surface area (Å²) in [6.07, 6.45) is 4.78. The fourth-order valence-corrected chi connectivity index (χ4v) is 2.96. The number of piperidine rings is 1. The number of amides is 1. The molecule has 0 aliphatic carbocycles. The van der Waals surface area contributed by atoms with Crippen LogP contribution in [0.5, 0.6) is 0 Å². The van der Waals surface area contributed by atoms with Crippen molar-refractivity contribution in [1.82, 2.24) is 4.90 Å². The molecule has 1 aromatic rings. The minimum Gasteiger partial charge on any atom is -0.339 e. The normalized spacial score (nSPS) is 19.5. The zero-order chi connectivity index (χ0) is 13.7. The lowest BCUT2D eigenvalue weighted by molar-refractivity contribution is -0.134. The van der Waals surface area contributed by atoms with E-state index in [4.69, 9.17) is 11.6 Å². The number of alkyl halides is 1. The van der Waals surface area contributed by atoms with Gasteiger partial charge in [0.25, 0.3) is 0 Å². The molecule has 1 aliphatic rings. The van der Waals surface area contributed by atoms with Gasteiger partial charge < -0.3 is 4.90 Å². The SMILES string of the molecule is Cc1ccc(CCC(=O)N2CCCCC2CCl)cc1. The zero-order valence-electron chi connectivity index (χ0n) is 11.6. The number of halogens is 1. The van der Waals surface area contributed by atoms with Crippen molar-refractivity contribution in [2.45, 2.75) is 45.1 Å². The fourth-order valence-electron chi connectivity index (χ4n) is 2.64. The van der Waals surface area contributed by atoms with Crippen molar-refractivity contribution < 1.29 is 4.79 Å². The summed E-state index contributed by atoms with van der Waals surface area (Å²) >= 11 is 5.96. The van der Waals surface area contributed by atoms with E-state index in [1.165, 1.54) is 17.5 Å². The molecule has 1 fully saturated rings. The van der Waals surface area contributed by atoms with Crippen molar-refractivity contribution in [3.05, 3.63) is 35.4 Å². The third kappa shape index (κ3) is 3.97. The summed E-state index contributed by atoms with van der Waals surface area (Å²) in [5.74, 6) is 0.821. The smallest absolute Gasteiger partial charge is 0.223 e. The maximum Gasteiger partial charge on any atom is 0.223 e. The molecule has 0 N–H and O–H groups in total. The van der Waals surface area contributed by atoms with Crippen LogP contribution in [-0.2, 0) is 11.2 Å². The van der Waals surface area contributed by atoms with Gasteiger partial charge in [-0.25, -0.2) is 0 Å². The van der Waals surface area contributed by atoms with Crippen LogP contribution < -0.4 is 0 Å². The van der Waals surface area contributed by atoms with E-state index in [1.807, 2.05) is 4.90 Å². The number of carbonyl (C=O) groups excluding carboxylic acids is 1. The molecule has 0 spiro atoms. The van der Waals surface area contributed by atoms with Crippen LogP contribution in [0.3, 0.4) is 0 Å². The highest BCUT2D eigenvalue weighted by atomic mass is 35.5. The van der Waals surface area contributed by atoms with E-state index in [0.29, 0.717) is 12.3 Å². The largest absolute Gasteiger partial charge is 0.339 e. The number of nitrogens with zero attached hydrogens (tertiary/aromatic N) is 1. The summed E-state index contributed by atoms with van der Waals surface area (Å²) in [5, 5.41) is 0. The molecule has 1 atom stereocenters. The maximum atomic E-state index is 12.3. The molecule has 1 unspecified atom stereocenters. The van der Waals surface area contributed by atoms with E-state index >= 15 is 0 Å². The monoisotopic (exact) mass is 279 g/mol. The van der Waals surface area contributed by atoms with Gasteiger partial charge in [0, 0.05) is 24.9 Å². The minimum absolute atomic E-state index is 0.251. The molecule has 1 heterocycles.